The van der Waals surface area contributed by atoms with Crippen LogP contribution in [-0.2, 0) is 11.2 Å². The lowest BCUT2D eigenvalue weighted by atomic mass is 10.1. The van der Waals surface area contributed by atoms with Crippen LogP contribution in [0.15, 0.2) is 36.9 Å². The minimum atomic E-state index is 0.613. The van der Waals surface area contributed by atoms with Crippen molar-refractivity contribution in [2.24, 2.45) is 0 Å². The minimum Gasteiger partial charge on any atom is -0.398 e. The molecular formula is C16H19N5O. The molecule has 0 aliphatic carbocycles. The van der Waals surface area contributed by atoms with E-state index in [1.54, 1.807) is 17.1 Å². The van der Waals surface area contributed by atoms with Crippen molar-refractivity contribution in [2.45, 2.75) is 19.8 Å². The highest BCUT2D eigenvalue weighted by Crippen LogP contribution is 2.24. The van der Waals surface area contributed by atoms with E-state index in [-0.39, 0.29) is 0 Å². The summed E-state index contributed by atoms with van der Waals surface area (Å²) in [6, 6.07) is 5.75. The van der Waals surface area contributed by atoms with E-state index in [9.17, 15) is 0 Å². The zero-order valence-corrected chi connectivity index (χ0v) is 12.6. The second kappa shape index (κ2) is 6.53. The number of imidazole rings is 1. The third-order valence-electron chi connectivity index (χ3n) is 3.46. The lowest BCUT2D eigenvalue weighted by Crippen LogP contribution is -2.06. The van der Waals surface area contributed by atoms with E-state index in [1.165, 1.54) is 0 Å². The first kappa shape index (κ1) is 14.5. The van der Waals surface area contributed by atoms with E-state index in [0.717, 1.165) is 42.7 Å². The highest BCUT2D eigenvalue weighted by atomic mass is 16.5. The smallest absolute Gasteiger partial charge is 0.235 e. The lowest BCUT2D eigenvalue weighted by molar-refractivity contribution is 0.145. The summed E-state index contributed by atoms with van der Waals surface area (Å²) in [7, 11) is 0. The highest BCUT2D eigenvalue weighted by Gasteiger charge is 2.11. The fraction of sp³-hybridized carbons (Fsp3) is 0.312. The number of hydrogen-bond donors (Lipinski definition) is 1. The molecule has 0 amide bonds. The van der Waals surface area contributed by atoms with Crippen LogP contribution in [0.25, 0.3) is 16.9 Å². The van der Waals surface area contributed by atoms with Crippen LogP contribution >= 0.6 is 0 Å². The molecule has 114 valence electrons. The van der Waals surface area contributed by atoms with Crippen LogP contribution in [0.2, 0.25) is 0 Å². The number of benzene rings is 1. The molecular weight excluding hydrogens is 278 g/mol. The number of aryl methyl sites for hydroxylation is 1. The molecule has 2 heterocycles. The van der Waals surface area contributed by atoms with E-state index >= 15 is 0 Å². The number of nitrogen functional groups attached to an aromatic ring is 1. The number of nitrogens with zero attached hydrogens (tertiary/aromatic N) is 4. The predicted octanol–water partition coefficient (Wildman–Crippen LogP) is 2.37. The van der Waals surface area contributed by atoms with Gasteiger partial charge in [0.2, 0.25) is 5.95 Å². The van der Waals surface area contributed by atoms with Crippen molar-refractivity contribution in [2.75, 3.05) is 18.9 Å². The van der Waals surface area contributed by atoms with Crippen LogP contribution in [0.5, 0.6) is 0 Å². The summed E-state index contributed by atoms with van der Waals surface area (Å²) in [6.45, 7) is 3.44. The number of anilines is 1. The molecule has 0 aliphatic heterocycles. The van der Waals surface area contributed by atoms with Crippen molar-refractivity contribution in [1.82, 2.24) is 19.5 Å². The molecule has 3 rings (SSSR count). The fourth-order valence-electron chi connectivity index (χ4n) is 2.43. The zero-order chi connectivity index (χ0) is 15.4. The van der Waals surface area contributed by atoms with Crippen molar-refractivity contribution in [3.05, 3.63) is 42.6 Å². The van der Waals surface area contributed by atoms with Crippen LogP contribution in [0, 0.1) is 0 Å². The van der Waals surface area contributed by atoms with Crippen molar-refractivity contribution in [3.8, 4) is 5.95 Å². The van der Waals surface area contributed by atoms with Crippen LogP contribution in [-0.4, -0.2) is 32.7 Å². The van der Waals surface area contributed by atoms with Gasteiger partial charge in [-0.2, -0.15) is 0 Å². The van der Waals surface area contributed by atoms with Gasteiger partial charge in [-0.1, -0.05) is 6.07 Å². The Labute approximate surface area is 129 Å². The molecule has 0 aliphatic rings. The summed E-state index contributed by atoms with van der Waals surface area (Å²) in [6.07, 6.45) is 6.93. The number of nitrogens with two attached hydrogens (primary N) is 1. The van der Waals surface area contributed by atoms with Gasteiger partial charge in [0, 0.05) is 36.7 Å². The van der Waals surface area contributed by atoms with Gasteiger partial charge in [-0.05, 0) is 31.9 Å². The molecule has 6 nitrogen and oxygen atoms in total. The second-order valence-electron chi connectivity index (χ2n) is 4.98. The van der Waals surface area contributed by atoms with Crippen molar-refractivity contribution in [3.63, 3.8) is 0 Å². The van der Waals surface area contributed by atoms with E-state index in [0.29, 0.717) is 11.6 Å². The first-order chi connectivity index (χ1) is 10.8. The number of ether oxygens (including phenoxy) is 1. The van der Waals surface area contributed by atoms with Crippen LogP contribution in [0.3, 0.4) is 0 Å². The van der Waals surface area contributed by atoms with Gasteiger partial charge in [-0.3, -0.25) is 4.57 Å². The van der Waals surface area contributed by atoms with Crippen molar-refractivity contribution < 1.29 is 4.74 Å². The molecule has 0 saturated carbocycles. The maximum Gasteiger partial charge on any atom is 0.235 e. The van der Waals surface area contributed by atoms with Crippen LogP contribution in [0.4, 0.5) is 5.69 Å². The van der Waals surface area contributed by atoms with Crippen LogP contribution < -0.4 is 5.73 Å². The van der Waals surface area contributed by atoms with Gasteiger partial charge >= 0.3 is 0 Å². The topological polar surface area (TPSA) is 78.8 Å². The second-order valence-corrected chi connectivity index (χ2v) is 4.98. The largest absolute Gasteiger partial charge is 0.398 e. The van der Waals surface area contributed by atoms with E-state index in [1.807, 2.05) is 31.3 Å². The first-order valence-electron chi connectivity index (χ1n) is 7.40. The summed E-state index contributed by atoms with van der Waals surface area (Å²) in [5.41, 5.74) is 8.64. The number of aromatic nitrogens is 4. The molecule has 22 heavy (non-hydrogen) atoms. The van der Waals surface area contributed by atoms with Crippen molar-refractivity contribution in [1.29, 1.82) is 0 Å². The fourth-order valence-corrected chi connectivity index (χ4v) is 2.43. The van der Waals surface area contributed by atoms with Gasteiger partial charge in [0.1, 0.15) is 6.33 Å². The Balaban J connectivity index is 2.02. The average Bonchev–Trinajstić information content (AvgIpc) is 3.05. The minimum absolute atomic E-state index is 0.613. The Bertz CT molecular complexity index is 755. The van der Waals surface area contributed by atoms with Gasteiger partial charge in [0.25, 0.3) is 0 Å². The summed E-state index contributed by atoms with van der Waals surface area (Å²) in [4.78, 5) is 13.3. The molecule has 0 spiro atoms. The Hall–Kier alpha value is -2.47. The molecule has 0 radical (unpaired) electrons. The van der Waals surface area contributed by atoms with Gasteiger partial charge in [0.15, 0.2) is 0 Å². The van der Waals surface area contributed by atoms with E-state index in [4.69, 9.17) is 10.5 Å². The summed E-state index contributed by atoms with van der Waals surface area (Å²) in [5.74, 6) is 0.613. The third kappa shape index (κ3) is 2.92. The highest BCUT2D eigenvalue weighted by molar-refractivity contribution is 5.92. The molecule has 2 N–H and O–H groups in total. The number of rotatable bonds is 6. The molecule has 3 aromatic rings. The quantitative estimate of drug-likeness (QED) is 0.558. The normalized spacial score (nSPS) is 11.1. The number of fused-ring (bicyclic) bond motifs is 1. The Morgan fingerprint density at radius 3 is 2.95 bits per heavy atom. The monoisotopic (exact) mass is 297 g/mol. The SMILES string of the molecule is CCOCCCc1nc(-n2ccnc2)nc2cccc(N)c12. The molecule has 0 atom stereocenters. The maximum absolute atomic E-state index is 6.13. The molecule has 2 aromatic heterocycles. The Morgan fingerprint density at radius 2 is 2.18 bits per heavy atom. The third-order valence-corrected chi connectivity index (χ3v) is 3.46. The maximum atomic E-state index is 6.13. The van der Waals surface area contributed by atoms with E-state index < -0.39 is 0 Å². The van der Waals surface area contributed by atoms with Crippen LogP contribution in [0.1, 0.15) is 19.0 Å². The van der Waals surface area contributed by atoms with Gasteiger partial charge in [-0.25, -0.2) is 15.0 Å². The standard InChI is InChI=1S/C16H19N5O/c1-2-22-10-4-7-14-15-12(17)5-3-6-13(15)19-16(20-14)21-9-8-18-11-21/h3,5-6,8-9,11H,2,4,7,10,17H2,1H3. The number of hydrogen-bond acceptors (Lipinski definition) is 5. The average molecular weight is 297 g/mol. The molecule has 0 bridgehead atoms. The molecule has 0 fully saturated rings. The van der Waals surface area contributed by atoms with Gasteiger partial charge in [-0.15, -0.1) is 0 Å². The molecule has 6 heteroatoms. The summed E-state index contributed by atoms with van der Waals surface area (Å²) < 4.78 is 7.21. The summed E-state index contributed by atoms with van der Waals surface area (Å²) >= 11 is 0. The Kier molecular flexibility index (Phi) is 4.29. The van der Waals surface area contributed by atoms with Gasteiger partial charge in [0.05, 0.1) is 11.2 Å². The zero-order valence-electron chi connectivity index (χ0n) is 12.6. The first-order valence-corrected chi connectivity index (χ1v) is 7.40. The lowest BCUT2D eigenvalue weighted by Gasteiger charge is -2.11. The molecule has 0 saturated heterocycles. The van der Waals surface area contributed by atoms with Crippen molar-refractivity contribution >= 4 is 16.6 Å². The predicted molar refractivity (Wildman–Crippen MR) is 85.9 cm³/mol. The molecule has 1 aromatic carbocycles. The Morgan fingerprint density at radius 1 is 1.27 bits per heavy atom. The van der Waals surface area contributed by atoms with Gasteiger partial charge < -0.3 is 10.5 Å². The van der Waals surface area contributed by atoms with E-state index in [2.05, 4.69) is 15.0 Å². The molecule has 0 unspecified atom stereocenters. The summed E-state index contributed by atoms with van der Waals surface area (Å²) in [5, 5.41) is 0.933.